The average Bonchev–Trinajstić information content (AvgIpc) is 3.01. The van der Waals surface area contributed by atoms with E-state index in [1.807, 2.05) is 6.07 Å². The molecule has 5 nitrogen and oxygen atoms in total. The highest BCUT2D eigenvalue weighted by Crippen LogP contribution is 2.28. The maximum absolute atomic E-state index is 11.9. The molecule has 0 spiro atoms. The Morgan fingerprint density at radius 1 is 1.25 bits per heavy atom. The zero-order valence-corrected chi connectivity index (χ0v) is 16.2. The maximum atomic E-state index is 11.9. The lowest BCUT2D eigenvalue weighted by molar-refractivity contribution is -0.119. The molecule has 2 rings (SSSR count). The molecule has 0 fully saturated rings. The van der Waals surface area contributed by atoms with Crippen LogP contribution < -0.4 is 10.6 Å². The molecule has 2 N–H and O–H groups in total. The summed E-state index contributed by atoms with van der Waals surface area (Å²) < 4.78 is 0.793. The van der Waals surface area contributed by atoms with Crippen molar-refractivity contribution in [2.75, 3.05) is 11.1 Å². The Hall–Kier alpha value is -1.60. The fourth-order valence-electron chi connectivity index (χ4n) is 2.28. The van der Waals surface area contributed by atoms with E-state index in [2.05, 4.69) is 60.7 Å². The molecule has 0 saturated carbocycles. The summed E-state index contributed by atoms with van der Waals surface area (Å²) in [6.07, 6.45) is 1.91. The van der Waals surface area contributed by atoms with Crippen molar-refractivity contribution in [3.63, 3.8) is 0 Å². The molecule has 1 heterocycles. The van der Waals surface area contributed by atoms with Crippen LogP contribution in [-0.4, -0.2) is 27.9 Å². The van der Waals surface area contributed by atoms with Gasteiger partial charge in [0.25, 0.3) is 0 Å². The van der Waals surface area contributed by atoms with E-state index in [1.54, 1.807) is 0 Å². The van der Waals surface area contributed by atoms with Crippen molar-refractivity contribution in [3.8, 4) is 0 Å². The number of benzene rings is 1. The van der Waals surface area contributed by atoms with Crippen LogP contribution in [0.5, 0.6) is 0 Å². The SMILES string of the molecule is CCC(CC)NC(=O)CSc1nnc(Nc2ccc(C)cc2C)s1. The number of thioether (sulfide) groups is 1. The molecule has 130 valence electrons. The van der Waals surface area contributed by atoms with Gasteiger partial charge in [-0.15, -0.1) is 10.2 Å². The van der Waals surface area contributed by atoms with Gasteiger partial charge in [0, 0.05) is 11.7 Å². The number of amides is 1. The van der Waals surface area contributed by atoms with E-state index in [0.717, 1.165) is 28.0 Å². The smallest absolute Gasteiger partial charge is 0.230 e. The van der Waals surface area contributed by atoms with Crippen molar-refractivity contribution < 1.29 is 4.79 Å². The fraction of sp³-hybridized carbons (Fsp3) is 0.471. The van der Waals surface area contributed by atoms with Crippen molar-refractivity contribution in [1.29, 1.82) is 0 Å². The van der Waals surface area contributed by atoms with E-state index in [9.17, 15) is 4.79 Å². The summed E-state index contributed by atoms with van der Waals surface area (Å²) in [6.45, 7) is 8.30. The minimum Gasteiger partial charge on any atom is -0.353 e. The normalized spacial score (nSPS) is 10.9. The van der Waals surface area contributed by atoms with Crippen LogP contribution in [-0.2, 0) is 4.79 Å². The Morgan fingerprint density at radius 3 is 2.67 bits per heavy atom. The zero-order chi connectivity index (χ0) is 17.5. The first-order valence-electron chi connectivity index (χ1n) is 8.11. The van der Waals surface area contributed by atoms with Crippen molar-refractivity contribution in [2.24, 2.45) is 0 Å². The molecule has 0 radical (unpaired) electrons. The number of nitrogens with one attached hydrogen (secondary N) is 2. The zero-order valence-electron chi connectivity index (χ0n) is 14.5. The fourth-order valence-corrected chi connectivity index (χ4v) is 3.85. The largest absolute Gasteiger partial charge is 0.353 e. The highest BCUT2D eigenvalue weighted by atomic mass is 32.2. The van der Waals surface area contributed by atoms with Gasteiger partial charge in [0.05, 0.1) is 5.75 Å². The van der Waals surface area contributed by atoms with Crippen molar-refractivity contribution in [2.45, 2.75) is 50.9 Å². The number of nitrogens with zero attached hydrogens (tertiary/aromatic N) is 2. The van der Waals surface area contributed by atoms with E-state index in [-0.39, 0.29) is 11.9 Å². The molecule has 0 saturated heterocycles. The van der Waals surface area contributed by atoms with Crippen LogP contribution in [0.25, 0.3) is 0 Å². The first kappa shape index (κ1) is 18.7. The van der Waals surface area contributed by atoms with Gasteiger partial charge in [-0.25, -0.2) is 0 Å². The number of hydrogen-bond donors (Lipinski definition) is 2. The Kier molecular flexibility index (Phi) is 7.05. The summed E-state index contributed by atoms with van der Waals surface area (Å²) in [7, 11) is 0. The van der Waals surface area contributed by atoms with Crippen LogP contribution in [0.2, 0.25) is 0 Å². The number of aryl methyl sites for hydroxylation is 2. The molecule has 0 atom stereocenters. The van der Waals surface area contributed by atoms with E-state index in [0.29, 0.717) is 5.75 Å². The van der Waals surface area contributed by atoms with Crippen molar-refractivity contribution in [1.82, 2.24) is 15.5 Å². The second kappa shape index (κ2) is 9.03. The summed E-state index contributed by atoms with van der Waals surface area (Å²) in [6, 6.07) is 6.49. The molecule has 7 heteroatoms. The third-order valence-corrected chi connectivity index (χ3v) is 5.68. The van der Waals surface area contributed by atoms with E-state index in [1.165, 1.54) is 34.2 Å². The van der Waals surface area contributed by atoms with Crippen LogP contribution >= 0.6 is 23.1 Å². The summed E-state index contributed by atoms with van der Waals surface area (Å²) in [5.41, 5.74) is 3.43. The molecule has 0 bridgehead atoms. The van der Waals surface area contributed by atoms with Gasteiger partial charge in [-0.1, -0.05) is 54.6 Å². The van der Waals surface area contributed by atoms with Gasteiger partial charge in [-0.3, -0.25) is 4.79 Å². The molecule has 0 aliphatic carbocycles. The van der Waals surface area contributed by atoms with Gasteiger partial charge >= 0.3 is 0 Å². The topological polar surface area (TPSA) is 66.9 Å². The summed E-state index contributed by atoms with van der Waals surface area (Å²) in [5.74, 6) is 0.419. The standard InChI is InChI=1S/C17H24N4OS2/c1-5-13(6-2)18-15(22)10-23-17-21-20-16(24-17)19-14-8-7-11(3)9-12(14)4/h7-9,13H,5-6,10H2,1-4H3,(H,18,22)(H,19,20). The highest BCUT2D eigenvalue weighted by molar-refractivity contribution is 8.01. The Balaban J connectivity index is 1.88. The maximum Gasteiger partial charge on any atom is 0.230 e. The second-order valence-corrected chi connectivity index (χ2v) is 7.89. The number of rotatable bonds is 8. The molecule has 0 aliphatic rings. The lowest BCUT2D eigenvalue weighted by Crippen LogP contribution is -2.34. The van der Waals surface area contributed by atoms with Gasteiger partial charge in [0.15, 0.2) is 4.34 Å². The third kappa shape index (κ3) is 5.49. The first-order chi connectivity index (χ1) is 11.5. The van der Waals surface area contributed by atoms with Crippen LogP contribution in [0.4, 0.5) is 10.8 Å². The minimum atomic E-state index is 0.0489. The molecule has 0 aliphatic heterocycles. The van der Waals surface area contributed by atoms with E-state index in [4.69, 9.17) is 0 Å². The monoisotopic (exact) mass is 364 g/mol. The van der Waals surface area contributed by atoms with Crippen LogP contribution in [0.15, 0.2) is 22.5 Å². The van der Waals surface area contributed by atoms with Crippen molar-refractivity contribution >= 4 is 39.8 Å². The first-order valence-corrected chi connectivity index (χ1v) is 9.92. The van der Waals surface area contributed by atoms with Gasteiger partial charge < -0.3 is 10.6 Å². The van der Waals surface area contributed by atoms with Gasteiger partial charge in [-0.05, 0) is 38.3 Å². The molecule has 1 aromatic heterocycles. The lowest BCUT2D eigenvalue weighted by atomic mass is 10.1. The predicted molar refractivity (Wildman–Crippen MR) is 102 cm³/mol. The molecule has 24 heavy (non-hydrogen) atoms. The Morgan fingerprint density at radius 2 is 2.00 bits per heavy atom. The third-order valence-electron chi connectivity index (χ3n) is 3.71. The average molecular weight is 365 g/mol. The minimum absolute atomic E-state index is 0.0489. The van der Waals surface area contributed by atoms with Crippen LogP contribution in [0.1, 0.15) is 37.8 Å². The quantitative estimate of drug-likeness (QED) is 0.684. The molecule has 1 amide bonds. The molecular formula is C17H24N4OS2. The summed E-state index contributed by atoms with van der Waals surface area (Å²) in [4.78, 5) is 11.9. The number of aromatic nitrogens is 2. The van der Waals surface area contributed by atoms with E-state index >= 15 is 0 Å². The van der Waals surface area contributed by atoms with Gasteiger partial charge in [-0.2, -0.15) is 0 Å². The Bertz CT molecular complexity index is 683. The van der Waals surface area contributed by atoms with Crippen molar-refractivity contribution in [3.05, 3.63) is 29.3 Å². The Labute approximate surface area is 151 Å². The molecular weight excluding hydrogens is 340 g/mol. The van der Waals surface area contributed by atoms with Gasteiger partial charge in [0.1, 0.15) is 0 Å². The van der Waals surface area contributed by atoms with Crippen LogP contribution in [0.3, 0.4) is 0 Å². The highest BCUT2D eigenvalue weighted by Gasteiger charge is 2.11. The van der Waals surface area contributed by atoms with E-state index < -0.39 is 0 Å². The second-order valence-electron chi connectivity index (χ2n) is 5.69. The molecule has 1 aromatic carbocycles. The summed E-state index contributed by atoms with van der Waals surface area (Å²) in [5, 5.41) is 15.3. The number of carbonyl (C=O) groups is 1. The number of anilines is 2. The van der Waals surface area contributed by atoms with Gasteiger partial charge in [0.2, 0.25) is 11.0 Å². The number of hydrogen-bond acceptors (Lipinski definition) is 6. The molecule has 0 unspecified atom stereocenters. The predicted octanol–water partition coefficient (Wildman–Crippen LogP) is 4.30. The van der Waals surface area contributed by atoms with Crippen LogP contribution in [0, 0.1) is 13.8 Å². The summed E-state index contributed by atoms with van der Waals surface area (Å²) >= 11 is 2.89. The lowest BCUT2D eigenvalue weighted by Gasteiger charge is -2.13. The number of carbonyl (C=O) groups excluding carboxylic acids is 1. The molecule has 2 aromatic rings.